The van der Waals surface area contributed by atoms with Crippen LogP contribution in [-0.4, -0.2) is 36.8 Å². The van der Waals surface area contributed by atoms with Crippen molar-refractivity contribution in [1.29, 1.82) is 0 Å². The molecule has 0 radical (unpaired) electrons. The summed E-state index contributed by atoms with van der Waals surface area (Å²) in [7, 11) is 1.72. The molecule has 2 aromatic carbocycles. The van der Waals surface area contributed by atoms with E-state index in [1.165, 1.54) is 0 Å². The van der Waals surface area contributed by atoms with Gasteiger partial charge < -0.3 is 24.4 Å². The van der Waals surface area contributed by atoms with Gasteiger partial charge in [0.25, 0.3) is 0 Å². The second-order valence-corrected chi connectivity index (χ2v) is 7.45. The van der Waals surface area contributed by atoms with E-state index in [1.807, 2.05) is 62.4 Å². The lowest BCUT2D eigenvalue weighted by atomic mass is 9.98. The van der Waals surface area contributed by atoms with Gasteiger partial charge in [-0.15, -0.1) is 0 Å². The molecule has 0 unspecified atom stereocenters. The fourth-order valence-electron chi connectivity index (χ4n) is 3.20. The lowest BCUT2D eigenvalue weighted by Gasteiger charge is -2.28. The minimum absolute atomic E-state index is 0.0408. The van der Waals surface area contributed by atoms with Crippen molar-refractivity contribution in [1.82, 2.24) is 10.2 Å². The van der Waals surface area contributed by atoms with Crippen molar-refractivity contribution in [2.24, 2.45) is 5.92 Å². The molecule has 0 spiro atoms. The molecular formula is C23H28N2O5. The molecule has 2 amide bonds. The zero-order valence-electron chi connectivity index (χ0n) is 17.6. The summed E-state index contributed by atoms with van der Waals surface area (Å²) in [6.45, 7) is 4.68. The van der Waals surface area contributed by atoms with Crippen LogP contribution in [0.1, 0.15) is 31.4 Å². The Balaban J connectivity index is 1.60. The molecule has 0 saturated carbocycles. The molecule has 7 nitrogen and oxygen atoms in total. The number of nitrogens with zero attached hydrogens (tertiary/aromatic N) is 1. The third kappa shape index (κ3) is 5.43. The van der Waals surface area contributed by atoms with E-state index in [0.29, 0.717) is 18.0 Å². The van der Waals surface area contributed by atoms with Crippen molar-refractivity contribution >= 4 is 12.0 Å². The summed E-state index contributed by atoms with van der Waals surface area (Å²) in [5.74, 6) is 1.17. The first-order valence-electron chi connectivity index (χ1n) is 10.1. The molecule has 1 aliphatic rings. The number of alkyl carbamates (subject to hydrolysis) is 1. The molecule has 0 saturated heterocycles. The second kappa shape index (κ2) is 10.0. The van der Waals surface area contributed by atoms with Gasteiger partial charge in [0.05, 0.1) is 0 Å². The summed E-state index contributed by atoms with van der Waals surface area (Å²) in [6, 6.07) is 14.4. The fraction of sp³-hybridized carbons (Fsp3) is 0.391. The van der Waals surface area contributed by atoms with Gasteiger partial charge in [0.15, 0.2) is 11.5 Å². The van der Waals surface area contributed by atoms with Gasteiger partial charge in [0.2, 0.25) is 12.7 Å². The monoisotopic (exact) mass is 412 g/mol. The maximum absolute atomic E-state index is 13.1. The van der Waals surface area contributed by atoms with Crippen LogP contribution in [0.2, 0.25) is 0 Å². The van der Waals surface area contributed by atoms with E-state index >= 15 is 0 Å². The van der Waals surface area contributed by atoms with E-state index in [-0.39, 0.29) is 25.2 Å². The zero-order valence-corrected chi connectivity index (χ0v) is 17.6. The lowest BCUT2D eigenvalue weighted by Crippen LogP contribution is -2.50. The summed E-state index contributed by atoms with van der Waals surface area (Å²) >= 11 is 0. The molecule has 0 fully saturated rings. The van der Waals surface area contributed by atoms with Gasteiger partial charge in [-0.25, -0.2) is 4.79 Å². The minimum atomic E-state index is -0.669. The third-order valence-corrected chi connectivity index (χ3v) is 5.20. The van der Waals surface area contributed by atoms with Crippen molar-refractivity contribution in [2.45, 2.75) is 39.5 Å². The number of carbonyl (C=O) groups is 2. The Kier molecular flexibility index (Phi) is 7.17. The number of amides is 2. The van der Waals surface area contributed by atoms with Crippen LogP contribution in [0.25, 0.3) is 0 Å². The number of nitrogens with one attached hydrogen (secondary N) is 1. The van der Waals surface area contributed by atoms with Gasteiger partial charge in [0, 0.05) is 13.6 Å². The SMILES string of the molecule is CC[C@H](C)[C@H](NC(=O)OCc1ccccc1)C(=O)N(C)Cc1ccc2c(c1)OCO2. The zero-order chi connectivity index (χ0) is 21.5. The molecular weight excluding hydrogens is 384 g/mol. The Labute approximate surface area is 176 Å². The normalized spacial score (nSPS) is 14.0. The van der Waals surface area contributed by atoms with Crippen LogP contribution in [0.15, 0.2) is 48.5 Å². The first-order valence-corrected chi connectivity index (χ1v) is 10.1. The Bertz CT molecular complexity index is 871. The largest absolute Gasteiger partial charge is 0.454 e. The summed E-state index contributed by atoms with van der Waals surface area (Å²) in [4.78, 5) is 27.0. The fourth-order valence-corrected chi connectivity index (χ4v) is 3.20. The molecule has 1 heterocycles. The predicted octanol–water partition coefficient (Wildman–Crippen LogP) is 3.71. The van der Waals surface area contributed by atoms with Crippen LogP contribution in [0, 0.1) is 5.92 Å². The standard InChI is InChI=1S/C23H28N2O5/c1-4-16(2)21(24-23(27)28-14-17-8-6-5-7-9-17)22(26)25(3)13-18-10-11-19-20(12-18)30-15-29-19/h5-12,16,21H,4,13-15H2,1-3H3,(H,24,27)/t16-,21-/m0/s1. The third-order valence-electron chi connectivity index (χ3n) is 5.20. The average molecular weight is 412 g/mol. The molecule has 3 rings (SSSR count). The number of rotatable bonds is 8. The first-order chi connectivity index (χ1) is 14.5. The Hall–Kier alpha value is -3.22. The summed E-state index contributed by atoms with van der Waals surface area (Å²) in [6.07, 6.45) is 0.140. The highest BCUT2D eigenvalue weighted by Gasteiger charge is 2.29. The number of hydrogen-bond donors (Lipinski definition) is 1. The molecule has 30 heavy (non-hydrogen) atoms. The highest BCUT2D eigenvalue weighted by atomic mass is 16.7. The molecule has 7 heteroatoms. The maximum atomic E-state index is 13.1. The predicted molar refractivity (Wildman–Crippen MR) is 112 cm³/mol. The Morgan fingerprint density at radius 3 is 2.57 bits per heavy atom. The highest BCUT2D eigenvalue weighted by Crippen LogP contribution is 2.32. The van der Waals surface area contributed by atoms with Crippen LogP contribution in [0.5, 0.6) is 11.5 Å². The quantitative estimate of drug-likeness (QED) is 0.715. The summed E-state index contributed by atoms with van der Waals surface area (Å²) < 4.78 is 16.0. The molecule has 160 valence electrons. The molecule has 0 bridgehead atoms. The van der Waals surface area contributed by atoms with Crippen molar-refractivity contribution in [2.75, 3.05) is 13.8 Å². The van der Waals surface area contributed by atoms with Crippen LogP contribution in [0.4, 0.5) is 4.79 Å². The van der Waals surface area contributed by atoms with Gasteiger partial charge in [-0.2, -0.15) is 0 Å². The average Bonchev–Trinajstić information content (AvgIpc) is 3.23. The van der Waals surface area contributed by atoms with Crippen molar-refractivity contribution in [3.8, 4) is 11.5 Å². The van der Waals surface area contributed by atoms with Crippen LogP contribution in [0.3, 0.4) is 0 Å². The van der Waals surface area contributed by atoms with Crippen molar-refractivity contribution in [3.63, 3.8) is 0 Å². The molecule has 0 aromatic heterocycles. The van der Waals surface area contributed by atoms with Gasteiger partial charge in [0.1, 0.15) is 12.6 Å². The van der Waals surface area contributed by atoms with Gasteiger partial charge in [-0.1, -0.05) is 56.7 Å². The van der Waals surface area contributed by atoms with Crippen LogP contribution < -0.4 is 14.8 Å². The van der Waals surface area contributed by atoms with E-state index in [1.54, 1.807) is 11.9 Å². The topological polar surface area (TPSA) is 77.1 Å². The maximum Gasteiger partial charge on any atom is 0.408 e. The van der Waals surface area contributed by atoms with E-state index in [4.69, 9.17) is 14.2 Å². The van der Waals surface area contributed by atoms with E-state index < -0.39 is 12.1 Å². The first kappa shape index (κ1) is 21.5. The molecule has 1 N–H and O–H groups in total. The van der Waals surface area contributed by atoms with Gasteiger partial charge in [-0.3, -0.25) is 4.79 Å². The minimum Gasteiger partial charge on any atom is -0.454 e. The van der Waals surface area contributed by atoms with Gasteiger partial charge >= 0.3 is 6.09 Å². The molecule has 0 aliphatic carbocycles. The Morgan fingerprint density at radius 2 is 1.83 bits per heavy atom. The van der Waals surface area contributed by atoms with E-state index in [0.717, 1.165) is 17.5 Å². The summed E-state index contributed by atoms with van der Waals surface area (Å²) in [5.41, 5.74) is 1.81. The number of likely N-dealkylation sites (N-methyl/N-ethyl adjacent to an activating group) is 1. The van der Waals surface area contributed by atoms with Crippen LogP contribution in [-0.2, 0) is 22.7 Å². The lowest BCUT2D eigenvalue weighted by molar-refractivity contribution is -0.133. The molecule has 1 aliphatic heterocycles. The number of fused-ring (bicyclic) bond motifs is 1. The smallest absolute Gasteiger partial charge is 0.408 e. The number of benzene rings is 2. The molecule has 2 atom stereocenters. The number of ether oxygens (including phenoxy) is 3. The highest BCUT2D eigenvalue weighted by molar-refractivity contribution is 5.85. The second-order valence-electron chi connectivity index (χ2n) is 7.45. The van der Waals surface area contributed by atoms with Gasteiger partial charge in [-0.05, 0) is 29.2 Å². The van der Waals surface area contributed by atoms with E-state index in [9.17, 15) is 9.59 Å². The number of hydrogen-bond acceptors (Lipinski definition) is 5. The summed E-state index contributed by atoms with van der Waals surface area (Å²) in [5, 5.41) is 2.75. The number of carbonyl (C=O) groups excluding carboxylic acids is 2. The Morgan fingerprint density at radius 1 is 1.10 bits per heavy atom. The molecule has 2 aromatic rings. The van der Waals surface area contributed by atoms with Crippen molar-refractivity contribution < 1.29 is 23.8 Å². The van der Waals surface area contributed by atoms with Crippen molar-refractivity contribution in [3.05, 3.63) is 59.7 Å². The van der Waals surface area contributed by atoms with Crippen LogP contribution >= 0.6 is 0 Å². The van der Waals surface area contributed by atoms with E-state index in [2.05, 4.69) is 5.32 Å².